The second-order valence-corrected chi connectivity index (χ2v) is 66.2. The first-order valence-corrected chi connectivity index (χ1v) is 53.8. The number of cyclic esters (lactones) is 1. The number of benzene rings is 1. The first kappa shape index (κ1) is 82.1. The van der Waals surface area contributed by atoms with Gasteiger partial charge in [-0.05, 0) is 98.3 Å². The summed E-state index contributed by atoms with van der Waals surface area (Å²) in [4.78, 5) is 46.8. The van der Waals surface area contributed by atoms with Gasteiger partial charge in [-0.25, -0.2) is 14.5 Å². The monoisotopic (exact) mass is 1370 g/mol. The minimum atomic E-state index is -2.63. The van der Waals surface area contributed by atoms with E-state index in [2.05, 4.69) is 174 Å². The van der Waals surface area contributed by atoms with Crippen LogP contribution in [0.4, 0.5) is 4.79 Å². The van der Waals surface area contributed by atoms with Gasteiger partial charge >= 0.3 is 12.1 Å². The van der Waals surface area contributed by atoms with Crippen LogP contribution < -0.4 is 9.47 Å². The summed E-state index contributed by atoms with van der Waals surface area (Å²) in [5.74, 6) is -0.732. The summed E-state index contributed by atoms with van der Waals surface area (Å²) >= 11 is 0. The Kier molecular flexibility index (Phi) is 30.8. The molecule has 1 aromatic rings. The van der Waals surface area contributed by atoms with Gasteiger partial charge in [0.05, 0.1) is 31.0 Å². The normalized spacial score (nSPS) is 20.5. The van der Waals surface area contributed by atoms with Gasteiger partial charge in [-0.3, -0.25) is 4.79 Å². The van der Waals surface area contributed by atoms with Crippen LogP contribution in [0.1, 0.15) is 110 Å². The Morgan fingerprint density at radius 1 is 0.700 bits per heavy atom. The zero-order valence-electron chi connectivity index (χ0n) is 62.1. The van der Waals surface area contributed by atoms with Crippen molar-refractivity contribution in [2.45, 2.75) is 290 Å². The number of amides is 2. The van der Waals surface area contributed by atoms with Crippen LogP contribution in [0, 0.1) is 18.3 Å². The average Bonchev–Trinajstić information content (AvgIpc) is 0.767. The number of methoxy groups -OCH3 is 2. The highest BCUT2D eigenvalue weighted by Gasteiger charge is 2.56. The number of carbonyl (C=O) groups is 3. The predicted molar refractivity (Wildman–Crippen MR) is 379 cm³/mol. The summed E-state index contributed by atoms with van der Waals surface area (Å²) in [5, 5.41) is -0.405. The number of nitrogens with zero attached hydrogens (tertiary/aromatic N) is 1. The van der Waals surface area contributed by atoms with E-state index < -0.39 is 127 Å². The smallest absolute Gasteiger partial charge is 0.418 e. The SMILES string of the molecule is C=C(C)C[C@H](OC)[C@H](OCOCC[Si](C)(C)C)C(=O)N(C(=O)OCC[Si](C)(C)C)[C@@H](OC)[C@@H]1C[C@@H](O[Si](C)(C)C(C)(C)C)C(C)(C)[C@@H](C[C@H](O[Si](C)(C)C(C)(C)C)[C@@H](C)[C@H]2Cc3c(C)c(OCOCC[Si](C)(C)C)cc(OCOCC[Si](C)(C)C)c3C(=O)O2)O1. The van der Waals surface area contributed by atoms with Crippen LogP contribution >= 0.6 is 0 Å². The molecule has 0 N–H and O–H groups in total. The van der Waals surface area contributed by atoms with E-state index in [0.29, 0.717) is 55.8 Å². The van der Waals surface area contributed by atoms with Crippen molar-refractivity contribution in [3.63, 3.8) is 0 Å². The van der Waals surface area contributed by atoms with Gasteiger partial charge in [-0.2, -0.15) is 0 Å². The fourth-order valence-corrected chi connectivity index (χ4v) is 16.0. The molecule has 0 unspecified atom stereocenters. The zero-order chi connectivity index (χ0) is 69.0. The fraction of sp³-hybridized carbons (Fsp3) is 0.836. The van der Waals surface area contributed by atoms with E-state index in [1.807, 2.05) is 13.8 Å². The van der Waals surface area contributed by atoms with Crippen LogP contribution in [0.5, 0.6) is 11.5 Å². The molecule has 0 saturated carbocycles. The van der Waals surface area contributed by atoms with Crippen molar-refractivity contribution in [3.8, 4) is 11.5 Å². The average molecular weight is 1370 g/mol. The topological polar surface area (TPSA) is 174 Å². The second-order valence-electron chi connectivity index (χ2n) is 34.2. The lowest BCUT2D eigenvalue weighted by Crippen LogP contribution is -2.63. The number of fused-ring (bicyclic) bond motifs is 1. The summed E-state index contributed by atoms with van der Waals surface area (Å²) in [6.07, 6.45) is -6.48. The zero-order valence-corrected chi connectivity index (χ0v) is 68.1. The van der Waals surface area contributed by atoms with Gasteiger partial charge in [0.2, 0.25) is 0 Å². The highest BCUT2D eigenvalue weighted by molar-refractivity contribution is 6.77. The number of hydrogen-bond donors (Lipinski definition) is 0. The molecule has 0 spiro atoms. The van der Waals surface area contributed by atoms with Crippen molar-refractivity contribution in [1.82, 2.24) is 4.90 Å². The van der Waals surface area contributed by atoms with Crippen LogP contribution in [0.2, 0.25) is 139 Å². The third-order valence-electron chi connectivity index (χ3n) is 18.7. The standard InChI is InChI=1S/C67H129NO16Si6/c1-47(2)39-55(72-13)60(80-46-76-33-37-87(21,22)23)61(69)68(64(71)77-34-38-88(24,25)26)62(73-14)56-43-58(84-90(29,30)66(8,9)10)67(11,12)57(81-56)42-53(83-89(27,28)65(5,6)7)49(4)52-40-50-48(3)51(78-44-74-31-35-85(15,16)17)41-54(59(50)63(70)82-52)79-45-75-32-36-86(18,19)20/h41,49,52-53,55-58,60,62H,1,31-40,42-46H2,2-30H3/t49-,52+,53-,55-,56-,57+,58+,60-,62-/m0/s1. The van der Waals surface area contributed by atoms with E-state index in [-0.39, 0.29) is 49.9 Å². The van der Waals surface area contributed by atoms with E-state index in [0.717, 1.165) is 39.7 Å². The second kappa shape index (κ2) is 33.7. The summed E-state index contributed by atoms with van der Waals surface area (Å²) in [6.45, 7) is 65.4. The summed E-state index contributed by atoms with van der Waals surface area (Å²) < 4.78 is 85.2. The molecule has 0 aromatic heterocycles. The van der Waals surface area contributed by atoms with Crippen molar-refractivity contribution in [1.29, 1.82) is 0 Å². The van der Waals surface area contributed by atoms with Gasteiger partial charge < -0.3 is 61.0 Å². The third-order valence-corrected chi connectivity index (χ3v) is 34.5. The number of hydrogen-bond acceptors (Lipinski definition) is 16. The predicted octanol–water partition coefficient (Wildman–Crippen LogP) is 16.4. The maximum Gasteiger partial charge on any atom is 0.418 e. The molecular weight excluding hydrogens is 1240 g/mol. The third kappa shape index (κ3) is 25.5. The van der Waals surface area contributed by atoms with E-state index in [1.54, 1.807) is 6.07 Å². The molecule has 3 rings (SSSR count). The van der Waals surface area contributed by atoms with Crippen LogP contribution in [-0.4, -0.2) is 182 Å². The molecule has 0 bridgehead atoms. The van der Waals surface area contributed by atoms with Gasteiger partial charge in [0.25, 0.3) is 5.91 Å². The summed E-state index contributed by atoms with van der Waals surface area (Å²) in [6, 6.07) is 5.28. The molecule has 522 valence electrons. The first-order chi connectivity index (χ1) is 41.0. The summed E-state index contributed by atoms with van der Waals surface area (Å²) in [5.41, 5.74) is 1.98. The molecule has 1 aromatic carbocycles. The lowest BCUT2D eigenvalue weighted by atomic mass is 9.72. The molecule has 1 saturated heterocycles. The van der Waals surface area contributed by atoms with Crippen molar-refractivity contribution in [3.05, 3.63) is 34.9 Å². The molecule has 9 atom stereocenters. The molecule has 2 heterocycles. The Morgan fingerprint density at radius 3 is 1.66 bits per heavy atom. The van der Waals surface area contributed by atoms with Crippen LogP contribution in [-0.2, 0) is 62.7 Å². The quantitative estimate of drug-likeness (QED) is 0.0202. The molecule has 2 aliphatic heterocycles. The molecule has 0 aliphatic carbocycles. The number of esters is 1. The lowest BCUT2D eigenvalue weighted by Gasteiger charge is -2.54. The molecule has 90 heavy (non-hydrogen) atoms. The maximum atomic E-state index is 15.7. The number of imide groups is 1. The molecule has 0 radical (unpaired) electrons. The van der Waals surface area contributed by atoms with Crippen molar-refractivity contribution < 1.29 is 75.3 Å². The summed E-state index contributed by atoms with van der Waals surface area (Å²) in [7, 11) is -8.12. The highest BCUT2D eigenvalue weighted by atomic mass is 28.4. The van der Waals surface area contributed by atoms with E-state index in [9.17, 15) is 4.79 Å². The Labute approximate surface area is 552 Å². The lowest BCUT2D eigenvalue weighted by molar-refractivity contribution is -0.230. The number of ether oxygens (including phenoxy) is 11. The fourth-order valence-electron chi connectivity index (χ4n) is 10.1. The van der Waals surface area contributed by atoms with Crippen LogP contribution in [0.3, 0.4) is 0 Å². The van der Waals surface area contributed by atoms with E-state index in [1.165, 1.54) is 14.2 Å². The Balaban J connectivity index is 2.33. The van der Waals surface area contributed by atoms with Gasteiger partial charge in [0, 0.05) is 96.6 Å². The van der Waals surface area contributed by atoms with E-state index >= 15 is 9.59 Å². The highest BCUT2D eigenvalue weighted by Crippen LogP contribution is 2.49. The van der Waals surface area contributed by atoms with Crippen LogP contribution in [0.15, 0.2) is 18.2 Å². The maximum absolute atomic E-state index is 15.7. The van der Waals surface area contributed by atoms with Crippen molar-refractivity contribution in [2.75, 3.05) is 61.0 Å². The van der Waals surface area contributed by atoms with Gasteiger partial charge in [-0.1, -0.05) is 146 Å². The van der Waals surface area contributed by atoms with Gasteiger partial charge in [0.1, 0.15) is 36.1 Å². The molecule has 17 nitrogen and oxygen atoms in total. The van der Waals surface area contributed by atoms with Crippen molar-refractivity contribution in [2.24, 2.45) is 11.3 Å². The van der Waals surface area contributed by atoms with Gasteiger partial charge in [-0.15, -0.1) is 6.58 Å². The van der Waals surface area contributed by atoms with Crippen LogP contribution in [0.25, 0.3) is 0 Å². The Bertz CT molecular complexity index is 2450. The number of carbonyl (C=O) groups excluding carboxylic acids is 3. The number of rotatable bonds is 37. The molecule has 2 aliphatic rings. The van der Waals surface area contributed by atoms with Gasteiger partial charge in [0.15, 0.2) is 42.6 Å². The molecule has 1 fully saturated rings. The molecule has 2 amide bonds. The first-order valence-electron chi connectivity index (χ1n) is 33.2. The largest absolute Gasteiger partial charge is 0.467 e. The van der Waals surface area contributed by atoms with E-state index in [4.69, 9.17) is 61.0 Å². The minimum Gasteiger partial charge on any atom is -0.467 e. The molecule has 23 heteroatoms. The molecular formula is C67H129NO16Si6. The Hall–Kier alpha value is -2.09. The minimum absolute atomic E-state index is 0.0412. The Morgan fingerprint density at radius 2 is 1.19 bits per heavy atom. The van der Waals surface area contributed by atoms with Crippen molar-refractivity contribution >= 4 is 66.9 Å².